The van der Waals surface area contributed by atoms with E-state index in [0.717, 1.165) is 15.6 Å². The van der Waals surface area contributed by atoms with Gasteiger partial charge in [-0.3, -0.25) is 0 Å². The molecule has 0 aromatic heterocycles. The second-order valence-electron chi connectivity index (χ2n) is 4.39. The van der Waals surface area contributed by atoms with E-state index in [4.69, 9.17) is 10.5 Å². The fraction of sp³-hybridized carbons (Fsp3) is 0.200. The van der Waals surface area contributed by atoms with Crippen LogP contribution < -0.4 is 10.5 Å². The van der Waals surface area contributed by atoms with E-state index in [0.29, 0.717) is 12.4 Å². The summed E-state index contributed by atoms with van der Waals surface area (Å²) in [5.74, 6) is 0.170. The SMILES string of the molecule is C[C@@H](N)c1ccc(F)cc1OCc1cccc(Br)c1. The van der Waals surface area contributed by atoms with Gasteiger partial charge >= 0.3 is 0 Å². The number of hydrogen-bond acceptors (Lipinski definition) is 2. The third-order valence-corrected chi connectivity index (χ3v) is 3.24. The predicted octanol–water partition coefficient (Wildman–Crippen LogP) is 4.19. The van der Waals surface area contributed by atoms with Crippen molar-refractivity contribution in [2.75, 3.05) is 0 Å². The van der Waals surface area contributed by atoms with Gasteiger partial charge in [0.15, 0.2) is 0 Å². The Kier molecular flexibility index (Phi) is 4.56. The summed E-state index contributed by atoms with van der Waals surface area (Å²) in [6.07, 6.45) is 0. The first-order valence-electron chi connectivity index (χ1n) is 5.98. The van der Waals surface area contributed by atoms with Crippen LogP contribution in [0.1, 0.15) is 24.1 Å². The van der Waals surface area contributed by atoms with Crippen molar-refractivity contribution in [3.8, 4) is 5.75 Å². The van der Waals surface area contributed by atoms with Crippen molar-refractivity contribution in [3.05, 3.63) is 63.9 Å². The number of nitrogens with two attached hydrogens (primary N) is 1. The first-order valence-corrected chi connectivity index (χ1v) is 6.78. The molecule has 0 saturated carbocycles. The standard InChI is InChI=1S/C15H15BrFNO/c1-10(18)14-6-5-13(17)8-15(14)19-9-11-3-2-4-12(16)7-11/h2-8,10H,9,18H2,1H3/t10-/m1/s1. The van der Waals surface area contributed by atoms with Crippen LogP contribution in [0, 0.1) is 5.82 Å². The van der Waals surface area contributed by atoms with Crippen LogP contribution in [0.4, 0.5) is 4.39 Å². The number of ether oxygens (including phenoxy) is 1. The zero-order valence-corrected chi connectivity index (χ0v) is 12.2. The smallest absolute Gasteiger partial charge is 0.127 e. The van der Waals surface area contributed by atoms with E-state index in [1.54, 1.807) is 6.07 Å². The highest BCUT2D eigenvalue weighted by molar-refractivity contribution is 9.10. The number of benzene rings is 2. The van der Waals surface area contributed by atoms with Crippen molar-refractivity contribution in [2.45, 2.75) is 19.6 Å². The molecule has 0 unspecified atom stereocenters. The van der Waals surface area contributed by atoms with Gasteiger partial charge in [-0.1, -0.05) is 34.1 Å². The van der Waals surface area contributed by atoms with Gasteiger partial charge in [-0.05, 0) is 30.7 Å². The topological polar surface area (TPSA) is 35.2 Å². The van der Waals surface area contributed by atoms with Crippen LogP contribution in [0.5, 0.6) is 5.75 Å². The monoisotopic (exact) mass is 323 g/mol. The summed E-state index contributed by atoms with van der Waals surface area (Å²) in [6, 6.07) is 12.0. The first kappa shape index (κ1) is 14.0. The lowest BCUT2D eigenvalue weighted by Crippen LogP contribution is -2.08. The Labute approximate surface area is 120 Å². The van der Waals surface area contributed by atoms with Crippen LogP contribution in [0.15, 0.2) is 46.9 Å². The third kappa shape index (κ3) is 3.78. The van der Waals surface area contributed by atoms with Crippen LogP contribution >= 0.6 is 15.9 Å². The van der Waals surface area contributed by atoms with Crippen LogP contribution in [-0.2, 0) is 6.61 Å². The molecule has 0 heterocycles. The maximum absolute atomic E-state index is 13.3. The second kappa shape index (κ2) is 6.17. The number of rotatable bonds is 4. The molecule has 2 aromatic carbocycles. The molecule has 0 saturated heterocycles. The molecule has 0 aliphatic rings. The average Bonchev–Trinajstić information content (AvgIpc) is 2.36. The summed E-state index contributed by atoms with van der Waals surface area (Å²) in [4.78, 5) is 0. The highest BCUT2D eigenvalue weighted by atomic mass is 79.9. The van der Waals surface area contributed by atoms with Crippen molar-refractivity contribution in [1.29, 1.82) is 0 Å². The Morgan fingerprint density at radius 2 is 2.05 bits per heavy atom. The fourth-order valence-electron chi connectivity index (χ4n) is 1.80. The molecule has 0 amide bonds. The largest absolute Gasteiger partial charge is 0.488 e. The Bertz CT molecular complexity index is 572. The number of halogens is 2. The van der Waals surface area contributed by atoms with Crippen molar-refractivity contribution >= 4 is 15.9 Å². The minimum Gasteiger partial charge on any atom is -0.488 e. The van der Waals surface area contributed by atoms with Gasteiger partial charge in [-0.15, -0.1) is 0 Å². The predicted molar refractivity (Wildman–Crippen MR) is 77.5 cm³/mol. The van der Waals surface area contributed by atoms with Gasteiger partial charge in [0.1, 0.15) is 18.2 Å². The summed E-state index contributed by atoms with van der Waals surface area (Å²) < 4.78 is 19.9. The summed E-state index contributed by atoms with van der Waals surface area (Å²) in [6.45, 7) is 2.22. The molecule has 4 heteroatoms. The zero-order valence-electron chi connectivity index (χ0n) is 10.6. The van der Waals surface area contributed by atoms with Gasteiger partial charge in [0.2, 0.25) is 0 Å². The third-order valence-electron chi connectivity index (χ3n) is 2.75. The summed E-state index contributed by atoms with van der Waals surface area (Å²) >= 11 is 3.40. The Hall–Kier alpha value is -1.39. The van der Waals surface area contributed by atoms with E-state index >= 15 is 0 Å². The molecule has 2 rings (SSSR count). The second-order valence-corrected chi connectivity index (χ2v) is 5.31. The van der Waals surface area contributed by atoms with Crippen molar-refractivity contribution in [2.24, 2.45) is 5.73 Å². The molecule has 100 valence electrons. The average molecular weight is 324 g/mol. The maximum atomic E-state index is 13.3. The Morgan fingerprint density at radius 1 is 1.26 bits per heavy atom. The van der Waals surface area contributed by atoms with Crippen molar-refractivity contribution in [1.82, 2.24) is 0 Å². The molecule has 2 N–H and O–H groups in total. The van der Waals surface area contributed by atoms with E-state index in [1.807, 2.05) is 31.2 Å². The molecule has 0 fully saturated rings. The first-order chi connectivity index (χ1) is 9.06. The van der Waals surface area contributed by atoms with Gasteiger partial charge in [0.05, 0.1) is 0 Å². The molecule has 0 radical (unpaired) electrons. The molecule has 19 heavy (non-hydrogen) atoms. The molecule has 0 aliphatic carbocycles. The van der Waals surface area contributed by atoms with Crippen LogP contribution in [0.3, 0.4) is 0 Å². The quantitative estimate of drug-likeness (QED) is 0.915. The van der Waals surface area contributed by atoms with Crippen LogP contribution in [0.2, 0.25) is 0 Å². The lowest BCUT2D eigenvalue weighted by molar-refractivity contribution is 0.299. The summed E-state index contributed by atoms with van der Waals surface area (Å²) in [7, 11) is 0. The van der Waals surface area contributed by atoms with Crippen molar-refractivity contribution in [3.63, 3.8) is 0 Å². The molecule has 2 aromatic rings. The molecular formula is C15H15BrFNO. The fourth-order valence-corrected chi connectivity index (χ4v) is 2.24. The van der Waals surface area contributed by atoms with Gasteiger partial charge in [-0.2, -0.15) is 0 Å². The molecule has 2 nitrogen and oxygen atoms in total. The normalized spacial score (nSPS) is 12.2. The van der Waals surface area contributed by atoms with E-state index in [-0.39, 0.29) is 11.9 Å². The van der Waals surface area contributed by atoms with Gasteiger partial charge < -0.3 is 10.5 Å². The molecule has 0 spiro atoms. The highest BCUT2D eigenvalue weighted by Gasteiger charge is 2.09. The lowest BCUT2D eigenvalue weighted by Gasteiger charge is -2.14. The maximum Gasteiger partial charge on any atom is 0.127 e. The molecular weight excluding hydrogens is 309 g/mol. The molecule has 0 bridgehead atoms. The van der Waals surface area contributed by atoms with E-state index in [1.165, 1.54) is 12.1 Å². The van der Waals surface area contributed by atoms with E-state index in [2.05, 4.69) is 15.9 Å². The van der Waals surface area contributed by atoms with E-state index < -0.39 is 0 Å². The van der Waals surface area contributed by atoms with Gasteiger partial charge in [-0.25, -0.2) is 4.39 Å². The Balaban J connectivity index is 2.17. The number of hydrogen-bond donors (Lipinski definition) is 1. The van der Waals surface area contributed by atoms with Gasteiger partial charge in [0, 0.05) is 22.1 Å². The molecule has 1 atom stereocenters. The summed E-state index contributed by atoms with van der Waals surface area (Å²) in [5, 5.41) is 0. The van der Waals surface area contributed by atoms with Gasteiger partial charge in [0.25, 0.3) is 0 Å². The minimum atomic E-state index is -0.325. The van der Waals surface area contributed by atoms with Crippen LogP contribution in [0.25, 0.3) is 0 Å². The zero-order chi connectivity index (χ0) is 13.8. The lowest BCUT2D eigenvalue weighted by atomic mass is 10.1. The van der Waals surface area contributed by atoms with E-state index in [9.17, 15) is 4.39 Å². The van der Waals surface area contributed by atoms with Crippen LogP contribution in [-0.4, -0.2) is 0 Å². The minimum absolute atomic E-state index is 0.196. The highest BCUT2D eigenvalue weighted by Crippen LogP contribution is 2.26. The van der Waals surface area contributed by atoms with Crippen molar-refractivity contribution < 1.29 is 9.13 Å². The molecule has 0 aliphatic heterocycles. The summed E-state index contributed by atoms with van der Waals surface area (Å²) in [5.41, 5.74) is 7.66. The Morgan fingerprint density at radius 3 is 2.74 bits per heavy atom.